The third-order valence-corrected chi connectivity index (χ3v) is 1.23. The summed E-state index contributed by atoms with van der Waals surface area (Å²) in [5.74, 6) is -0.893. The van der Waals surface area contributed by atoms with Crippen LogP contribution >= 0.6 is 0 Å². The van der Waals surface area contributed by atoms with E-state index < -0.39 is 5.97 Å². The summed E-state index contributed by atoms with van der Waals surface area (Å²) in [6.07, 6.45) is 2.52. The Morgan fingerprint density at radius 2 is 2.20 bits per heavy atom. The topological polar surface area (TPSA) is 57.5 Å². The third kappa shape index (κ3) is 3.25. The molecule has 2 N–H and O–H groups in total. The van der Waals surface area contributed by atoms with Gasteiger partial charge in [0, 0.05) is 12.2 Å². The molecular formula is C7H12O3. The molecule has 0 amide bonds. The number of hydrogen-bond acceptors (Lipinski definition) is 2. The highest BCUT2D eigenvalue weighted by Gasteiger charge is 2.03. The minimum Gasteiger partial charge on any atom is -0.478 e. The van der Waals surface area contributed by atoms with Gasteiger partial charge >= 0.3 is 5.97 Å². The molecule has 0 bridgehead atoms. The minimum absolute atomic E-state index is 0.0463. The van der Waals surface area contributed by atoms with Gasteiger partial charge in [-0.1, -0.05) is 6.08 Å². The predicted molar refractivity (Wildman–Crippen MR) is 37.7 cm³/mol. The number of aliphatic hydroxyl groups is 1. The molecule has 0 fully saturated rings. The van der Waals surface area contributed by atoms with Gasteiger partial charge in [0.1, 0.15) is 0 Å². The van der Waals surface area contributed by atoms with Gasteiger partial charge in [0.2, 0.25) is 0 Å². The maximum Gasteiger partial charge on any atom is 0.331 e. The van der Waals surface area contributed by atoms with E-state index in [9.17, 15) is 4.79 Å². The second-order valence-corrected chi connectivity index (χ2v) is 1.95. The van der Waals surface area contributed by atoms with E-state index in [0.29, 0.717) is 18.4 Å². The summed E-state index contributed by atoms with van der Waals surface area (Å²) in [7, 11) is 0. The first-order valence-corrected chi connectivity index (χ1v) is 3.21. The molecule has 0 radical (unpaired) electrons. The van der Waals surface area contributed by atoms with Gasteiger partial charge in [0.25, 0.3) is 0 Å². The number of aliphatic hydroxyl groups excluding tert-OH is 1. The van der Waals surface area contributed by atoms with Gasteiger partial charge in [-0.3, -0.25) is 0 Å². The van der Waals surface area contributed by atoms with Crippen molar-refractivity contribution in [1.82, 2.24) is 0 Å². The number of carboxylic acid groups (broad SMARTS) is 1. The fraction of sp³-hybridized carbons (Fsp3) is 0.571. The summed E-state index contributed by atoms with van der Waals surface area (Å²) in [4.78, 5) is 10.3. The van der Waals surface area contributed by atoms with Crippen molar-refractivity contribution in [3.63, 3.8) is 0 Å². The first-order chi connectivity index (χ1) is 4.72. The Balaban J connectivity index is 3.74. The summed E-state index contributed by atoms with van der Waals surface area (Å²) in [6.45, 7) is 1.73. The first-order valence-electron chi connectivity index (χ1n) is 3.21. The highest BCUT2D eigenvalue weighted by Crippen LogP contribution is 2.03. The SMILES string of the molecule is C/C=C(/CCCO)C(=O)O. The molecular weight excluding hydrogens is 132 g/mol. The van der Waals surface area contributed by atoms with Crippen molar-refractivity contribution < 1.29 is 15.0 Å². The van der Waals surface area contributed by atoms with Crippen LogP contribution in [0.5, 0.6) is 0 Å². The number of carbonyl (C=O) groups is 1. The largest absolute Gasteiger partial charge is 0.478 e. The van der Waals surface area contributed by atoms with E-state index >= 15 is 0 Å². The zero-order valence-corrected chi connectivity index (χ0v) is 6.00. The van der Waals surface area contributed by atoms with Crippen LogP contribution < -0.4 is 0 Å². The van der Waals surface area contributed by atoms with Gasteiger partial charge in [0.05, 0.1) is 0 Å². The minimum atomic E-state index is -0.893. The van der Waals surface area contributed by atoms with E-state index in [0.717, 1.165) is 0 Å². The van der Waals surface area contributed by atoms with Gasteiger partial charge in [-0.15, -0.1) is 0 Å². The Morgan fingerprint density at radius 3 is 2.50 bits per heavy atom. The molecule has 0 unspecified atom stereocenters. The highest BCUT2D eigenvalue weighted by molar-refractivity contribution is 5.86. The summed E-state index contributed by atoms with van der Waals surface area (Å²) in [5.41, 5.74) is 0.369. The average Bonchev–Trinajstić information content (AvgIpc) is 1.89. The van der Waals surface area contributed by atoms with E-state index in [1.165, 1.54) is 0 Å². The number of rotatable bonds is 4. The maximum absolute atomic E-state index is 10.3. The van der Waals surface area contributed by atoms with Crippen LogP contribution in [-0.2, 0) is 4.79 Å². The van der Waals surface area contributed by atoms with E-state index in [1.807, 2.05) is 0 Å². The lowest BCUT2D eigenvalue weighted by atomic mass is 10.1. The second kappa shape index (κ2) is 4.99. The van der Waals surface area contributed by atoms with Crippen LogP contribution in [0.4, 0.5) is 0 Å². The zero-order valence-electron chi connectivity index (χ0n) is 6.00. The summed E-state index contributed by atoms with van der Waals surface area (Å²) < 4.78 is 0. The molecule has 0 aliphatic carbocycles. The molecule has 0 aromatic rings. The molecule has 3 nitrogen and oxygen atoms in total. The van der Waals surface area contributed by atoms with E-state index in [-0.39, 0.29) is 6.61 Å². The van der Waals surface area contributed by atoms with Crippen molar-refractivity contribution in [2.24, 2.45) is 0 Å². The Labute approximate surface area is 60.0 Å². The molecule has 0 aliphatic rings. The summed E-state index contributed by atoms with van der Waals surface area (Å²) in [6, 6.07) is 0. The standard InChI is InChI=1S/C7H12O3/c1-2-6(7(9)10)4-3-5-8/h2,8H,3-5H2,1H3,(H,9,10)/b6-2-. The average molecular weight is 144 g/mol. The Morgan fingerprint density at radius 1 is 1.60 bits per heavy atom. The summed E-state index contributed by atoms with van der Waals surface area (Å²) >= 11 is 0. The van der Waals surface area contributed by atoms with E-state index in [1.54, 1.807) is 13.0 Å². The fourth-order valence-corrected chi connectivity index (χ4v) is 0.644. The van der Waals surface area contributed by atoms with Crippen LogP contribution in [0, 0.1) is 0 Å². The molecule has 0 atom stereocenters. The fourth-order valence-electron chi connectivity index (χ4n) is 0.644. The van der Waals surface area contributed by atoms with Crippen molar-refractivity contribution in [3.05, 3.63) is 11.6 Å². The van der Waals surface area contributed by atoms with Crippen LogP contribution in [0.15, 0.2) is 11.6 Å². The van der Waals surface area contributed by atoms with Gasteiger partial charge in [-0.25, -0.2) is 4.79 Å². The Hall–Kier alpha value is -0.830. The normalized spacial score (nSPS) is 11.6. The lowest BCUT2D eigenvalue weighted by Crippen LogP contribution is -2.00. The maximum atomic E-state index is 10.3. The van der Waals surface area contributed by atoms with E-state index in [2.05, 4.69) is 0 Å². The lowest BCUT2D eigenvalue weighted by molar-refractivity contribution is -0.132. The number of hydrogen-bond donors (Lipinski definition) is 2. The van der Waals surface area contributed by atoms with Gasteiger partial charge in [-0.05, 0) is 19.8 Å². The lowest BCUT2D eigenvalue weighted by Gasteiger charge is -1.97. The zero-order chi connectivity index (χ0) is 7.98. The van der Waals surface area contributed by atoms with Crippen LogP contribution in [0.1, 0.15) is 19.8 Å². The third-order valence-electron chi connectivity index (χ3n) is 1.23. The van der Waals surface area contributed by atoms with Crippen molar-refractivity contribution in [2.75, 3.05) is 6.61 Å². The van der Waals surface area contributed by atoms with Gasteiger partial charge in [-0.2, -0.15) is 0 Å². The number of allylic oxidation sites excluding steroid dienone is 1. The molecule has 0 aromatic heterocycles. The Bertz CT molecular complexity index is 138. The quantitative estimate of drug-likeness (QED) is 0.573. The van der Waals surface area contributed by atoms with Crippen molar-refractivity contribution >= 4 is 5.97 Å². The van der Waals surface area contributed by atoms with Crippen LogP contribution in [0.2, 0.25) is 0 Å². The number of aliphatic carboxylic acids is 1. The predicted octanol–water partition coefficient (Wildman–Crippen LogP) is 0.790. The van der Waals surface area contributed by atoms with Gasteiger partial charge in [0.15, 0.2) is 0 Å². The molecule has 10 heavy (non-hydrogen) atoms. The number of carboxylic acids is 1. The highest BCUT2D eigenvalue weighted by atomic mass is 16.4. The van der Waals surface area contributed by atoms with Crippen molar-refractivity contribution in [2.45, 2.75) is 19.8 Å². The molecule has 0 aliphatic heterocycles. The van der Waals surface area contributed by atoms with Crippen LogP contribution in [0.3, 0.4) is 0 Å². The second-order valence-electron chi connectivity index (χ2n) is 1.95. The monoisotopic (exact) mass is 144 g/mol. The molecule has 0 aromatic carbocycles. The van der Waals surface area contributed by atoms with Crippen molar-refractivity contribution in [1.29, 1.82) is 0 Å². The molecule has 3 heteroatoms. The molecule has 0 rings (SSSR count). The molecule has 0 heterocycles. The molecule has 58 valence electrons. The summed E-state index contributed by atoms with van der Waals surface area (Å²) in [5, 5.41) is 16.8. The van der Waals surface area contributed by atoms with Crippen LogP contribution in [0.25, 0.3) is 0 Å². The van der Waals surface area contributed by atoms with E-state index in [4.69, 9.17) is 10.2 Å². The first kappa shape index (κ1) is 9.17. The smallest absolute Gasteiger partial charge is 0.331 e. The molecule has 0 saturated heterocycles. The van der Waals surface area contributed by atoms with Crippen molar-refractivity contribution in [3.8, 4) is 0 Å². The Kier molecular flexibility index (Phi) is 4.58. The van der Waals surface area contributed by atoms with Crippen LogP contribution in [-0.4, -0.2) is 22.8 Å². The molecule has 0 saturated carbocycles. The molecule has 0 spiro atoms. The van der Waals surface area contributed by atoms with Gasteiger partial charge < -0.3 is 10.2 Å².